The minimum absolute atomic E-state index is 0.247. The van der Waals surface area contributed by atoms with Crippen LogP contribution in [-0.4, -0.2) is 5.91 Å². The van der Waals surface area contributed by atoms with Gasteiger partial charge < -0.3 is 0 Å². The van der Waals surface area contributed by atoms with Crippen LogP contribution in [0.3, 0.4) is 0 Å². The van der Waals surface area contributed by atoms with Gasteiger partial charge in [0.25, 0.3) is 0 Å². The Labute approximate surface area is 84.0 Å². The first-order valence-electron chi connectivity index (χ1n) is 3.54. The monoisotopic (exact) mass is 204 g/mol. The van der Waals surface area contributed by atoms with E-state index in [9.17, 15) is 4.79 Å². The summed E-state index contributed by atoms with van der Waals surface area (Å²) < 4.78 is 0. The predicted octanol–water partition coefficient (Wildman–Crippen LogP) is 2.71. The van der Waals surface area contributed by atoms with Crippen molar-refractivity contribution in [2.45, 2.75) is 4.90 Å². The van der Waals surface area contributed by atoms with Crippen LogP contribution in [0.2, 0.25) is 0 Å². The summed E-state index contributed by atoms with van der Waals surface area (Å²) in [4.78, 5) is 14.1. The number of hydrogen-bond acceptors (Lipinski definition) is 3. The fourth-order valence-electron chi connectivity index (χ4n) is 0.876. The van der Waals surface area contributed by atoms with E-state index in [0.29, 0.717) is 4.90 Å². The molecule has 0 saturated heterocycles. The molecule has 0 unspecified atom stereocenters. The number of hydrogen-bond donors (Lipinski definition) is 0. The number of nitriles is 1. The average molecular weight is 204 g/mol. The summed E-state index contributed by atoms with van der Waals surface area (Å²) in [7, 11) is 0. The van der Waals surface area contributed by atoms with Gasteiger partial charge in [-0.15, -0.1) is 0 Å². The van der Waals surface area contributed by atoms with Gasteiger partial charge in [0.2, 0.25) is 5.91 Å². The van der Waals surface area contributed by atoms with E-state index in [1.54, 1.807) is 18.2 Å². The smallest absolute Gasteiger partial charge is 0.250 e. The largest absolute Gasteiger partial charge is 0.287 e. The molecule has 0 aliphatic carbocycles. The minimum atomic E-state index is -0.675. The minimum Gasteiger partial charge on any atom is -0.287 e. The zero-order valence-corrected chi connectivity index (χ0v) is 7.73. The van der Waals surface area contributed by atoms with Crippen LogP contribution in [-0.2, 0) is 0 Å². The number of thioether (sulfide) groups is 1. The first-order chi connectivity index (χ1) is 6.79. The van der Waals surface area contributed by atoms with Crippen LogP contribution in [0.1, 0.15) is 10.4 Å². The second kappa shape index (κ2) is 4.92. The molecule has 0 spiro atoms. The molecular formula is C8H4N4OS. The Kier molecular flexibility index (Phi) is 3.56. The van der Waals surface area contributed by atoms with Gasteiger partial charge in [0, 0.05) is 15.4 Å². The summed E-state index contributed by atoms with van der Waals surface area (Å²) in [5, 5.41) is 13.3. The maximum Gasteiger partial charge on any atom is 0.250 e. The normalized spacial score (nSPS) is 8.50. The Morgan fingerprint density at radius 2 is 2.29 bits per heavy atom. The third-order valence-corrected chi connectivity index (χ3v) is 2.08. The number of amides is 1. The molecule has 1 aromatic rings. The highest BCUT2D eigenvalue weighted by Crippen LogP contribution is 2.21. The summed E-state index contributed by atoms with van der Waals surface area (Å²) in [5.41, 5.74) is 8.33. The SMILES string of the molecule is N#CSc1ccccc1C(=O)N=[N+]=[N-]. The van der Waals surface area contributed by atoms with Gasteiger partial charge in [-0.05, 0) is 28.5 Å². The van der Waals surface area contributed by atoms with Gasteiger partial charge in [-0.2, -0.15) is 5.26 Å². The number of azide groups is 1. The molecule has 1 rings (SSSR count). The third kappa shape index (κ3) is 2.26. The summed E-state index contributed by atoms with van der Waals surface area (Å²) in [5.74, 6) is -0.675. The summed E-state index contributed by atoms with van der Waals surface area (Å²) in [6, 6.07) is 6.47. The molecule has 0 saturated carbocycles. The van der Waals surface area contributed by atoms with Gasteiger partial charge in [0.1, 0.15) is 5.40 Å². The van der Waals surface area contributed by atoms with Gasteiger partial charge in [-0.25, -0.2) is 0 Å². The highest BCUT2D eigenvalue weighted by molar-refractivity contribution is 8.03. The molecule has 6 heteroatoms. The maximum atomic E-state index is 11.2. The molecule has 5 nitrogen and oxygen atoms in total. The molecule has 14 heavy (non-hydrogen) atoms. The van der Waals surface area contributed by atoms with Gasteiger partial charge in [0.15, 0.2) is 0 Å². The molecule has 0 aliphatic rings. The Hall–Kier alpha value is -1.96. The van der Waals surface area contributed by atoms with Gasteiger partial charge >= 0.3 is 0 Å². The maximum absolute atomic E-state index is 11.2. The van der Waals surface area contributed by atoms with E-state index in [4.69, 9.17) is 10.8 Å². The molecule has 0 heterocycles. The predicted molar refractivity (Wildman–Crippen MR) is 51.4 cm³/mol. The molecular weight excluding hydrogens is 200 g/mol. The standard InChI is InChI=1S/C8H4N4OS/c9-5-14-7-4-2-1-3-6(7)8(13)11-12-10/h1-4H. The number of thiocyanates is 1. The van der Waals surface area contributed by atoms with Crippen molar-refractivity contribution in [1.82, 2.24) is 0 Å². The van der Waals surface area contributed by atoms with Crippen LogP contribution in [0.4, 0.5) is 0 Å². The van der Waals surface area contributed by atoms with Crippen LogP contribution in [0.25, 0.3) is 10.4 Å². The summed E-state index contributed by atoms with van der Waals surface area (Å²) >= 11 is 0.858. The highest BCUT2D eigenvalue weighted by atomic mass is 32.2. The highest BCUT2D eigenvalue weighted by Gasteiger charge is 2.08. The Morgan fingerprint density at radius 3 is 2.93 bits per heavy atom. The van der Waals surface area contributed by atoms with E-state index >= 15 is 0 Å². The lowest BCUT2D eigenvalue weighted by atomic mass is 10.2. The van der Waals surface area contributed by atoms with Crippen molar-refractivity contribution in [2.75, 3.05) is 0 Å². The van der Waals surface area contributed by atoms with Crippen LogP contribution in [0, 0.1) is 10.7 Å². The topological polar surface area (TPSA) is 89.6 Å². The molecule has 0 aliphatic heterocycles. The lowest BCUT2D eigenvalue weighted by molar-refractivity contribution is 0.0997. The lowest BCUT2D eigenvalue weighted by Gasteiger charge is -1.99. The van der Waals surface area contributed by atoms with Gasteiger partial charge in [-0.3, -0.25) is 4.79 Å². The first kappa shape index (κ1) is 10.1. The van der Waals surface area contributed by atoms with E-state index in [2.05, 4.69) is 10.0 Å². The molecule has 0 fully saturated rings. The molecule has 1 amide bonds. The van der Waals surface area contributed by atoms with E-state index in [1.807, 2.05) is 5.40 Å². The van der Waals surface area contributed by atoms with E-state index in [1.165, 1.54) is 6.07 Å². The Morgan fingerprint density at radius 1 is 1.57 bits per heavy atom. The summed E-state index contributed by atoms with van der Waals surface area (Å²) in [6.07, 6.45) is 0. The quantitative estimate of drug-likeness (QED) is 0.244. The molecule has 0 bridgehead atoms. The molecule has 68 valence electrons. The van der Waals surface area contributed by atoms with Crippen molar-refractivity contribution in [1.29, 1.82) is 5.26 Å². The van der Waals surface area contributed by atoms with Crippen molar-refractivity contribution < 1.29 is 4.79 Å². The second-order valence-electron chi connectivity index (χ2n) is 2.18. The van der Waals surface area contributed by atoms with Gasteiger partial charge in [-0.1, -0.05) is 18.2 Å². The van der Waals surface area contributed by atoms with Crippen LogP contribution >= 0.6 is 11.8 Å². The van der Waals surface area contributed by atoms with Crippen LogP contribution in [0.15, 0.2) is 34.3 Å². The van der Waals surface area contributed by atoms with E-state index < -0.39 is 5.91 Å². The lowest BCUT2D eigenvalue weighted by Crippen LogP contribution is -1.94. The van der Waals surface area contributed by atoms with Crippen molar-refractivity contribution in [3.05, 3.63) is 40.3 Å². The average Bonchev–Trinajstić information content (AvgIpc) is 2.19. The van der Waals surface area contributed by atoms with E-state index in [-0.39, 0.29) is 5.56 Å². The molecule has 0 atom stereocenters. The van der Waals surface area contributed by atoms with Crippen LogP contribution in [0.5, 0.6) is 0 Å². The van der Waals surface area contributed by atoms with Crippen molar-refractivity contribution in [3.8, 4) is 5.40 Å². The van der Waals surface area contributed by atoms with Crippen molar-refractivity contribution >= 4 is 17.7 Å². The number of nitrogens with zero attached hydrogens (tertiary/aromatic N) is 4. The molecule has 1 aromatic carbocycles. The van der Waals surface area contributed by atoms with E-state index in [0.717, 1.165) is 11.8 Å². The summed E-state index contributed by atoms with van der Waals surface area (Å²) in [6.45, 7) is 0. The zero-order valence-electron chi connectivity index (χ0n) is 6.91. The molecule has 0 N–H and O–H groups in total. The van der Waals surface area contributed by atoms with Crippen LogP contribution < -0.4 is 0 Å². The number of carbonyl (C=O) groups is 1. The zero-order chi connectivity index (χ0) is 10.4. The van der Waals surface area contributed by atoms with Crippen molar-refractivity contribution in [3.63, 3.8) is 0 Å². The number of benzene rings is 1. The van der Waals surface area contributed by atoms with Crippen molar-refractivity contribution in [2.24, 2.45) is 5.11 Å². The number of rotatable bonds is 2. The first-order valence-corrected chi connectivity index (χ1v) is 4.35. The Balaban J connectivity index is 3.13. The molecule has 0 radical (unpaired) electrons. The van der Waals surface area contributed by atoms with Gasteiger partial charge in [0.05, 0.1) is 0 Å². The fourth-order valence-corrected chi connectivity index (χ4v) is 1.39. The second-order valence-corrected chi connectivity index (χ2v) is 3.01. The fraction of sp³-hybridized carbons (Fsp3) is 0. The molecule has 0 aromatic heterocycles. The number of carbonyl (C=O) groups excluding carboxylic acids is 1. The third-order valence-electron chi connectivity index (χ3n) is 1.41. The Bertz CT molecular complexity index is 445.